The lowest BCUT2D eigenvalue weighted by molar-refractivity contribution is 0.506. The molecular formula is C15H28N4O2. The van der Waals surface area contributed by atoms with E-state index >= 15 is 0 Å². The number of aromatic amines is 1. The second-order valence-electron chi connectivity index (χ2n) is 6.54. The quantitative estimate of drug-likeness (QED) is 0.717. The van der Waals surface area contributed by atoms with Gasteiger partial charge in [0.2, 0.25) is 0 Å². The molecule has 0 aliphatic rings. The van der Waals surface area contributed by atoms with Crippen molar-refractivity contribution in [1.29, 1.82) is 0 Å². The third kappa shape index (κ3) is 4.95. The maximum atomic E-state index is 12.0. The van der Waals surface area contributed by atoms with E-state index in [0.717, 1.165) is 12.8 Å². The van der Waals surface area contributed by atoms with E-state index in [1.165, 1.54) is 4.57 Å². The minimum Gasteiger partial charge on any atom is -0.383 e. The van der Waals surface area contributed by atoms with E-state index in [1.54, 1.807) is 0 Å². The molecule has 0 saturated carbocycles. The van der Waals surface area contributed by atoms with Crippen LogP contribution in [0.5, 0.6) is 0 Å². The zero-order chi connectivity index (χ0) is 16.2. The molecule has 0 amide bonds. The summed E-state index contributed by atoms with van der Waals surface area (Å²) in [5, 5.41) is 3.15. The Labute approximate surface area is 125 Å². The van der Waals surface area contributed by atoms with Crippen LogP contribution in [0.1, 0.15) is 47.5 Å². The third-order valence-electron chi connectivity index (χ3n) is 3.36. The molecule has 0 spiro atoms. The van der Waals surface area contributed by atoms with Crippen LogP contribution in [0.25, 0.3) is 0 Å². The van der Waals surface area contributed by atoms with Crippen molar-refractivity contribution in [2.45, 2.75) is 60.0 Å². The van der Waals surface area contributed by atoms with E-state index in [-0.39, 0.29) is 17.8 Å². The molecule has 6 heteroatoms. The molecule has 1 aromatic rings. The van der Waals surface area contributed by atoms with Crippen molar-refractivity contribution in [1.82, 2.24) is 9.55 Å². The summed E-state index contributed by atoms with van der Waals surface area (Å²) < 4.78 is 1.42. The number of hydrogen-bond acceptors (Lipinski definition) is 4. The lowest BCUT2D eigenvalue weighted by Gasteiger charge is -2.19. The normalized spacial score (nSPS) is 12.9. The van der Waals surface area contributed by atoms with Gasteiger partial charge >= 0.3 is 5.69 Å². The average molecular weight is 296 g/mol. The van der Waals surface area contributed by atoms with Crippen LogP contribution in [0.15, 0.2) is 9.59 Å². The van der Waals surface area contributed by atoms with Gasteiger partial charge in [-0.15, -0.1) is 0 Å². The summed E-state index contributed by atoms with van der Waals surface area (Å²) in [7, 11) is 0. The highest BCUT2D eigenvalue weighted by atomic mass is 16.2. The maximum Gasteiger partial charge on any atom is 0.330 e. The van der Waals surface area contributed by atoms with Crippen molar-refractivity contribution in [2.24, 2.45) is 11.8 Å². The Morgan fingerprint density at radius 1 is 1.10 bits per heavy atom. The lowest BCUT2D eigenvalue weighted by Crippen LogP contribution is -2.36. The number of rotatable bonds is 7. The first kappa shape index (κ1) is 17.3. The van der Waals surface area contributed by atoms with E-state index < -0.39 is 11.2 Å². The van der Waals surface area contributed by atoms with Crippen molar-refractivity contribution < 1.29 is 0 Å². The van der Waals surface area contributed by atoms with Crippen molar-refractivity contribution in [3.63, 3.8) is 0 Å². The van der Waals surface area contributed by atoms with Gasteiger partial charge in [-0.1, -0.05) is 27.7 Å². The average Bonchev–Trinajstić information content (AvgIpc) is 2.37. The van der Waals surface area contributed by atoms with Gasteiger partial charge in [-0.25, -0.2) is 4.79 Å². The van der Waals surface area contributed by atoms with Crippen LogP contribution >= 0.6 is 0 Å². The largest absolute Gasteiger partial charge is 0.383 e. The number of anilines is 2. The highest BCUT2D eigenvalue weighted by Crippen LogP contribution is 2.15. The molecule has 120 valence electrons. The number of nitrogens with one attached hydrogen (secondary N) is 2. The monoisotopic (exact) mass is 296 g/mol. The fourth-order valence-electron chi connectivity index (χ4n) is 2.18. The number of hydrogen-bond donors (Lipinski definition) is 3. The van der Waals surface area contributed by atoms with Gasteiger partial charge in [0, 0.05) is 12.6 Å². The Bertz CT molecular complexity index is 572. The van der Waals surface area contributed by atoms with Crippen LogP contribution in [0.2, 0.25) is 0 Å². The minimum absolute atomic E-state index is 0.126. The first-order valence-corrected chi connectivity index (χ1v) is 7.61. The molecule has 0 bridgehead atoms. The van der Waals surface area contributed by atoms with Gasteiger partial charge in [-0.3, -0.25) is 14.3 Å². The Hall–Kier alpha value is -1.72. The standard InChI is InChI=1S/C15H28N4O2/c1-9(2)6-7-11(5)17-12-13(16)19(8-10(3)4)15(21)18-14(12)20/h9-11,17H,6-8,16H2,1-5H3,(H,18,20,21). The zero-order valence-corrected chi connectivity index (χ0v) is 13.7. The fourth-order valence-corrected chi connectivity index (χ4v) is 2.18. The van der Waals surface area contributed by atoms with Gasteiger partial charge in [0.05, 0.1) is 0 Å². The molecule has 21 heavy (non-hydrogen) atoms. The molecule has 1 aromatic heterocycles. The molecule has 0 radical (unpaired) electrons. The summed E-state index contributed by atoms with van der Waals surface area (Å²) in [5.41, 5.74) is 5.41. The number of aromatic nitrogens is 2. The molecular weight excluding hydrogens is 268 g/mol. The first-order chi connectivity index (χ1) is 9.72. The molecule has 1 unspecified atom stereocenters. The van der Waals surface area contributed by atoms with Crippen molar-refractivity contribution in [2.75, 3.05) is 11.1 Å². The van der Waals surface area contributed by atoms with Gasteiger partial charge in [-0.2, -0.15) is 0 Å². The van der Waals surface area contributed by atoms with Gasteiger partial charge < -0.3 is 11.1 Å². The number of H-pyrrole nitrogens is 1. The van der Waals surface area contributed by atoms with E-state index in [1.807, 2.05) is 20.8 Å². The Kier molecular flexibility index (Phi) is 6.05. The molecule has 0 aromatic carbocycles. The predicted molar refractivity (Wildman–Crippen MR) is 87.7 cm³/mol. The summed E-state index contributed by atoms with van der Waals surface area (Å²) in [5.74, 6) is 1.09. The Balaban J connectivity index is 3.01. The van der Waals surface area contributed by atoms with Gasteiger partial charge in [0.25, 0.3) is 5.56 Å². The third-order valence-corrected chi connectivity index (χ3v) is 3.36. The molecule has 1 heterocycles. The molecule has 0 aliphatic heterocycles. The van der Waals surface area contributed by atoms with Crippen molar-refractivity contribution >= 4 is 11.5 Å². The summed E-state index contributed by atoms with van der Waals surface area (Å²) in [4.78, 5) is 26.1. The summed E-state index contributed by atoms with van der Waals surface area (Å²) >= 11 is 0. The SMILES string of the molecule is CC(C)CCC(C)Nc1c(N)n(CC(C)C)c(=O)[nH]c1=O. The molecule has 1 rings (SSSR count). The van der Waals surface area contributed by atoms with Gasteiger partial charge in [0.15, 0.2) is 0 Å². The number of nitrogens with two attached hydrogens (primary N) is 1. The topological polar surface area (TPSA) is 92.9 Å². The maximum absolute atomic E-state index is 12.0. The Morgan fingerprint density at radius 3 is 2.24 bits per heavy atom. The highest BCUT2D eigenvalue weighted by molar-refractivity contribution is 5.60. The first-order valence-electron chi connectivity index (χ1n) is 7.61. The van der Waals surface area contributed by atoms with Crippen LogP contribution in [-0.2, 0) is 6.54 Å². The van der Waals surface area contributed by atoms with Crippen molar-refractivity contribution in [3.05, 3.63) is 20.8 Å². The van der Waals surface area contributed by atoms with Crippen LogP contribution in [0.4, 0.5) is 11.5 Å². The van der Waals surface area contributed by atoms with Crippen LogP contribution < -0.4 is 22.3 Å². The van der Waals surface area contributed by atoms with Gasteiger partial charge in [-0.05, 0) is 31.6 Å². The summed E-state index contributed by atoms with van der Waals surface area (Å²) in [6.07, 6.45) is 2.01. The van der Waals surface area contributed by atoms with E-state index in [2.05, 4.69) is 24.1 Å². The lowest BCUT2D eigenvalue weighted by atomic mass is 10.0. The molecule has 0 aliphatic carbocycles. The molecule has 4 N–H and O–H groups in total. The van der Waals surface area contributed by atoms with Crippen LogP contribution in [0, 0.1) is 11.8 Å². The second-order valence-corrected chi connectivity index (χ2v) is 6.54. The van der Waals surface area contributed by atoms with E-state index in [4.69, 9.17) is 5.73 Å². The molecule has 1 atom stereocenters. The molecule has 0 saturated heterocycles. The van der Waals surface area contributed by atoms with Crippen LogP contribution in [0.3, 0.4) is 0 Å². The van der Waals surface area contributed by atoms with Crippen LogP contribution in [-0.4, -0.2) is 15.6 Å². The number of nitrogens with zero attached hydrogens (tertiary/aromatic N) is 1. The predicted octanol–water partition coefficient (Wildman–Crippen LogP) is 2.01. The van der Waals surface area contributed by atoms with Crippen molar-refractivity contribution in [3.8, 4) is 0 Å². The molecule has 0 fully saturated rings. The Morgan fingerprint density at radius 2 is 1.71 bits per heavy atom. The minimum atomic E-state index is -0.452. The molecule has 6 nitrogen and oxygen atoms in total. The van der Waals surface area contributed by atoms with E-state index in [0.29, 0.717) is 18.2 Å². The number of nitrogen functional groups attached to an aromatic ring is 1. The van der Waals surface area contributed by atoms with Gasteiger partial charge in [0.1, 0.15) is 11.5 Å². The smallest absolute Gasteiger partial charge is 0.330 e. The van der Waals surface area contributed by atoms with E-state index in [9.17, 15) is 9.59 Å². The fraction of sp³-hybridized carbons (Fsp3) is 0.733. The highest BCUT2D eigenvalue weighted by Gasteiger charge is 2.15. The summed E-state index contributed by atoms with van der Waals surface area (Å²) in [6, 6.07) is 0.126. The summed E-state index contributed by atoms with van der Waals surface area (Å²) in [6.45, 7) is 10.8. The second kappa shape index (κ2) is 7.33. The zero-order valence-electron chi connectivity index (χ0n) is 13.7.